The highest BCUT2D eigenvalue weighted by atomic mass is 16.5. The third kappa shape index (κ3) is 5.07. The predicted molar refractivity (Wildman–Crippen MR) is 126 cm³/mol. The molecule has 0 bridgehead atoms. The number of aromatic nitrogens is 3. The molecule has 1 saturated heterocycles. The van der Waals surface area contributed by atoms with Gasteiger partial charge in [-0.1, -0.05) is 13.8 Å². The molecule has 1 N–H and O–H groups in total. The van der Waals surface area contributed by atoms with E-state index in [4.69, 9.17) is 4.74 Å². The van der Waals surface area contributed by atoms with Crippen LogP contribution < -0.4 is 5.32 Å². The summed E-state index contributed by atoms with van der Waals surface area (Å²) in [6.45, 7) is 7.37. The Balaban J connectivity index is 1.60. The molecule has 3 aromatic rings. The molecule has 1 aliphatic rings. The van der Waals surface area contributed by atoms with Gasteiger partial charge in [-0.2, -0.15) is 5.26 Å². The van der Waals surface area contributed by atoms with E-state index in [1.165, 1.54) is 0 Å². The Morgan fingerprint density at radius 1 is 1.15 bits per heavy atom. The van der Waals surface area contributed by atoms with Gasteiger partial charge in [-0.05, 0) is 49.9 Å². The van der Waals surface area contributed by atoms with Gasteiger partial charge in [0.1, 0.15) is 6.07 Å². The average Bonchev–Trinajstić information content (AvgIpc) is 2.85. The fourth-order valence-electron chi connectivity index (χ4n) is 4.01. The topological polar surface area (TPSA) is 101 Å². The average molecular weight is 442 g/mol. The van der Waals surface area contributed by atoms with Crippen LogP contribution in [0.25, 0.3) is 11.1 Å². The molecule has 33 heavy (non-hydrogen) atoms. The fraction of sp³-hybridized carbons (Fsp3) is 0.346. The van der Waals surface area contributed by atoms with Crippen LogP contribution in [0.5, 0.6) is 0 Å². The number of aryl methyl sites for hydroxylation is 1. The van der Waals surface area contributed by atoms with Crippen molar-refractivity contribution in [2.75, 3.05) is 18.5 Å². The molecule has 7 nitrogen and oxygen atoms in total. The third-order valence-corrected chi connectivity index (χ3v) is 5.94. The summed E-state index contributed by atoms with van der Waals surface area (Å²) in [4.78, 5) is 26.2. The van der Waals surface area contributed by atoms with Crippen LogP contribution in [-0.4, -0.2) is 34.1 Å². The van der Waals surface area contributed by atoms with Crippen molar-refractivity contribution in [3.8, 4) is 17.2 Å². The highest BCUT2D eigenvalue weighted by Crippen LogP contribution is 2.31. The molecule has 7 heteroatoms. The van der Waals surface area contributed by atoms with Crippen molar-refractivity contribution in [2.45, 2.75) is 45.4 Å². The molecular formula is C26H27N5O2. The number of hydrogen-bond donors (Lipinski definition) is 1. The van der Waals surface area contributed by atoms with Gasteiger partial charge in [0.05, 0.1) is 23.1 Å². The molecular weight excluding hydrogens is 414 g/mol. The van der Waals surface area contributed by atoms with Gasteiger partial charge in [-0.3, -0.25) is 19.7 Å². The van der Waals surface area contributed by atoms with Gasteiger partial charge in [-0.25, -0.2) is 0 Å². The first kappa shape index (κ1) is 22.6. The SMILES string of the molecule is Cc1ncc(NC(=O)c2ccnc(C(C)C)c2)cc1-c1cnc(C2CCOCC2)c(C#N)c1. The van der Waals surface area contributed by atoms with Crippen LogP contribution in [0.1, 0.15) is 71.5 Å². The summed E-state index contributed by atoms with van der Waals surface area (Å²) in [5, 5.41) is 12.7. The first-order valence-corrected chi connectivity index (χ1v) is 11.2. The van der Waals surface area contributed by atoms with E-state index in [2.05, 4.69) is 26.3 Å². The lowest BCUT2D eigenvalue weighted by Crippen LogP contribution is -2.16. The molecule has 0 unspecified atom stereocenters. The van der Waals surface area contributed by atoms with E-state index >= 15 is 0 Å². The second-order valence-corrected chi connectivity index (χ2v) is 8.59. The number of rotatable bonds is 5. The maximum atomic E-state index is 12.8. The molecule has 0 radical (unpaired) electrons. The van der Waals surface area contributed by atoms with E-state index in [0.29, 0.717) is 30.0 Å². The molecule has 0 aromatic carbocycles. The van der Waals surface area contributed by atoms with Gasteiger partial charge < -0.3 is 10.1 Å². The van der Waals surface area contributed by atoms with Crippen LogP contribution in [0.4, 0.5) is 5.69 Å². The van der Waals surface area contributed by atoms with Crippen molar-refractivity contribution in [2.24, 2.45) is 0 Å². The number of nitriles is 1. The van der Waals surface area contributed by atoms with Crippen molar-refractivity contribution in [1.29, 1.82) is 5.26 Å². The lowest BCUT2D eigenvalue weighted by atomic mass is 9.91. The minimum atomic E-state index is -0.221. The smallest absolute Gasteiger partial charge is 0.255 e. The summed E-state index contributed by atoms with van der Waals surface area (Å²) in [6, 6.07) is 9.55. The van der Waals surface area contributed by atoms with Gasteiger partial charge in [0.15, 0.2) is 0 Å². The Morgan fingerprint density at radius 2 is 1.94 bits per heavy atom. The number of hydrogen-bond acceptors (Lipinski definition) is 6. The lowest BCUT2D eigenvalue weighted by molar-refractivity contribution is 0.0844. The molecule has 1 fully saturated rings. The Morgan fingerprint density at radius 3 is 2.67 bits per heavy atom. The second-order valence-electron chi connectivity index (χ2n) is 8.59. The molecule has 1 amide bonds. The summed E-state index contributed by atoms with van der Waals surface area (Å²) in [5.74, 6) is 0.251. The Bertz CT molecular complexity index is 1210. The molecule has 4 rings (SSSR count). The maximum absolute atomic E-state index is 12.8. The molecule has 0 atom stereocenters. The highest BCUT2D eigenvalue weighted by Gasteiger charge is 2.21. The minimum absolute atomic E-state index is 0.221. The number of pyridine rings is 3. The molecule has 0 spiro atoms. The monoisotopic (exact) mass is 441 g/mol. The van der Waals surface area contributed by atoms with Gasteiger partial charge >= 0.3 is 0 Å². The first-order chi connectivity index (χ1) is 16.0. The number of nitrogens with zero attached hydrogens (tertiary/aromatic N) is 4. The molecule has 168 valence electrons. The van der Waals surface area contributed by atoms with E-state index in [0.717, 1.165) is 41.1 Å². The van der Waals surface area contributed by atoms with E-state index < -0.39 is 0 Å². The number of amides is 1. The van der Waals surface area contributed by atoms with Crippen LogP contribution in [0.2, 0.25) is 0 Å². The summed E-state index contributed by atoms with van der Waals surface area (Å²) < 4.78 is 5.44. The van der Waals surface area contributed by atoms with E-state index in [1.54, 1.807) is 30.7 Å². The molecule has 4 heterocycles. The maximum Gasteiger partial charge on any atom is 0.255 e. The highest BCUT2D eigenvalue weighted by molar-refractivity contribution is 6.04. The fourth-order valence-corrected chi connectivity index (χ4v) is 4.01. The summed E-state index contributed by atoms with van der Waals surface area (Å²) in [7, 11) is 0. The lowest BCUT2D eigenvalue weighted by Gasteiger charge is -2.22. The number of ether oxygens (including phenoxy) is 1. The summed E-state index contributed by atoms with van der Waals surface area (Å²) in [5.41, 5.74) is 5.82. The molecule has 0 aliphatic carbocycles. The molecule has 0 saturated carbocycles. The van der Waals surface area contributed by atoms with Crippen molar-refractivity contribution in [3.63, 3.8) is 0 Å². The van der Waals surface area contributed by atoms with Crippen molar-refractivity contribution in [1.82, 2.24) is 15.0 Å². The quantitative estimate of drug-likeness (QED) is 0.599. The van der Waals surface area contributed by atoms with E-state index in [1.807, 2.05) is 32.9 Å². The normalized spacial score (nSPS) is 14.2. The number of carbonyl (C=O) groups excluding carboxylic acids is 1. The second kappa shape index (κ2) is 9.88. The number of anilines is 1. The van der Waals surface area contributed by atoms with Crippen LogP contribution in [0, 0.1) is 18.3 Å². The summed E-state index contributed by atoms with van der Waals surface area (Å²) >= 11 is 0. The van der Waals surface area contributed by atoms with Gasteiger partial charge in [0.25, 0.3) is 5.91 Å². The van der Waals surface area contributed by atoms with Crippen LogP contribution in [0.3, 0.4) is 0 Å². The zero-order valence-corrected chi connectivity index (χ0v) is 19.1. The number of carbonyl (C=O) groups is 1. The zero-order chi connectivity index (χ0) is 23.4. The third-order valence-electron chi connectivity index (χ3n) is 5.94. The van der Waals surface area contributed by atoms with Crippen LogP contribution in [-0.2, 0) is 4.74 Å². The van der Waals surface area contributed by atoms with Gasteiger partial charge in [0, 0.05) is 59.6 Å². The largest absolute Gasteiger partial charge is 0.381 e. The van der Waals surface area contributed by atoms with E-state index in [-0.39, 0.29) is 17.7 Å². The summed E-state index contributed by atoms with van der Waals surface area (Å²) in [6.07, 6.45) is 6.82. The zero-order valence-electron chi connectivity index (χ0n) is 19.1. The standard InChI is InChI=1S/C26H27N5O2/c1-16(2)24-11-19(4-7-28-24)26(32)31-22-12-23(17(3)29-15-22)21-10-20(13-27)25(30-14-21)18-5-8-33-9-6-18/h4,7,10-12,14-16,18H,5-6,8-9H2,1-3H3,(H,31,32). The Hall–Kier alpha value is -3.63. The van der Waals surface area contributed by atoms with Crippen molar-refractivity contribution in [3.05, 3.63) is 71.1 Å². The van der Waals surface area contributed by atoms with E-state index in [9.17, 15) is 10.1 Å². The first-order valence-electron chi connectivity index (χ1n) is 11.2. The number of nitrogens with one attached hydrogen (secondary N) is 1. The van der Waals surface area contributed by atoms with Crippen LogP contribution in [0.15, 0.2) is 42.9 Å². The predicted octanol–water partition coefficient (Wildman–Crippen LogP) is 4.99. The minimum Gasteiger partial charge on any atom is -0.381 e. The van der Waals surface area contributed by atoms with Gasteiger partial charge in [-0.15, -0.1) is 0 Å². The van der Waals surface area contributed by atoms with Crippen molar-refractivity contribution >= 4 is 11.6 Å². The Kier molecular flexibility index (Phi) is 6.76. The van der Waals surface area contributed by atoms with Gasteiger partial charge in [0.2, 0.25) is 0 Å². The Labute approximate surface area is 193 Å². The molecule has 3 aromatic heterocycles. The van der Waals surface area contributed by atoms with Crippen molar-refractivity contribution < 1.29 is 9.53 Å². The van der Waals surface area contributed by atoms with Crippen LogP contribution >= 0.6 is 0 Å². The molecule has 1 aliphatic heterocycles.